The monoisotopic (exact) mass is 445 g/mol. The van der Waals surface area contributed by atoms with E-state index in [2.05, 4.69) is 23.0 Å². The predicted molar refractivity (Wildman–Crippen MR) is 129 cm³/mol. The van der Waals surface area contributed by atoms with Crippen molar-refractivity contribution in [2.24, 2.45) is 7.05 Å². The molecule has 1 saturated carbocycles. The van der Waals surface area contributed by atoms with Crippen molar-refractivity contribution in [1.82, 2.24) is 14.7 Å². The van der Waals surface area contributed by atoms with Crippen LogP contribution >= 0.6 is 0 Å². The summed E-state index contributed by atoms with van der Waals surface area (Å²) in [6.45, 7) is 3.59. The number of hydrogen-bond acceptors (Lipinski definition) is 5. The van der Waals surface area contributed by atoms with Crippen LogP contribution in [-0.4, -0.2) is 51.7 Å². The van der Waals surface area contributed by atoms with Crippen LogP contribution in [0.5, 0.6) is 11.6 Å². The Morgan fingerprint density at radius 1 is 1.21 bits per heavy atom. The minimum absolute atomic E-state index is 0.204. The van der Waals surface area contributed by atoms with Crippen molar-refractivity contribution in [3.8, 4) is 35.2 Å². The van der Waals surface area contributed by atoms with Gasteiger partial charge in [0.25, 0.3) is 0 Å². The Morgan fingerprint density at radius 3 is 2.70 bits per heavy atom. The maximum Gasteiger partial charge on any atom is 0.222 e. The average molecular weight is 446 g/mol. The first-order chi connectivity index (χ1) is 16.0. The first-order valence-electron chi connectivity index (χ1n) is 11.3. The van der Waals surface area contributed by atoms with Crippen LogP contribution in [0, 0.1) is 19.3 Å². The van der Waals surface area contributed by atoms with Crippen LogP contribution < -0.4 is 4.74 Å². The zero-order chi connectivity index (χ0) is 23.2. The summed E-state index contributed by atoms with van der Waals surface area (Å²) in [4.78, 5) is 2.30. The molecule has 6 heteroatoms. The lowest BCUT2D eigenvalue weighted by molar-refractivity contribution is 0.0241. The minimum Gasteiger partial charge on any atom is -0.439 e. The van der Waals surface area contributed by atoms with Gasteiger partial charge in [-0.15, -0.1) is 6.42 Å². The Bertz CT molecular complexity index is 1100. The van der Waals surface area contributed by atoms with Gasteiger partial charge >= 0.3 is 0 Å². The zero-order valence-electron chi connectivity index (χ0n) is 19.3. The van der Waals surface area contributed by atoms with E-state index < -0.39 is 6.10 Å². The van der Waals surface area contributed by atoms with Gasteiger partial charge in [-0.05, 0) is 37.5 Å². The fraction of sp³-hybridized carbons (Fsp3) is 0.370. The van der Waals surface area contributed by atoms with Crippen LogP contribution in [0.25, 0.3) is 11.3 Å². The first-order valence-corrected chi connectivity index (χ1v) is 11.3. The van der Waals surface area contributed by atoms with Gasteiger partial charge in [-0.2, -0.15) is 5.10 Å². The number of aryl methyl sites for hydroxylation is 2. The number of aromatic nitrogens is 2. The van der Waals surface area contributed by atoms with E-state index in [4.69, 9.17) is 21.0 Å². The lowest BCUT2D eigenvalue weighted by Crippen LogP contribution is -2.36. The van der Waals surface area contributed by atoms with E-state index in [0.29, 0.717) is 25.0 Å². The molecule has 6 nitrogen and oxygen atoms in total. The SMILES string of the molecule is C#CCOC[C@@H](O)CN(Cc1c(-c2ccccc2)nn(C)c1Oc1cccc(C)c1)C1CC1. The number of hydrogen-bond donors (Lipinski definition) is 1. The standard InChI is InChI=1S/C27H31N3O3/c1-4-15-32-19-23(31)17-30(22-13-14-22)18-25-26(21-10-6-5-7-11-21)28-29(3)27(25)33-24-12-8-9-20(2)16-24/h1,5-12,16,22-23,31H,13-15,17-19H2,2-3H3/t23-/m0/s1. The quantitative estimate of drug-likeness (QED) is 0.355. The lowest BCUT2D eigenvalue weighted by Gasteiger charge is -2.25. The van der Waals surface area contributed by atoms with E-state index in [-0.39, 0.29) is 13.2 Å². The molecule has 0 bridgehead atoms. The van der Waals surface area contributed by atoms with Crippen LogP contribution in [-0.2, 0) is 18.3 Å². The van der Waals surface area contributed by atoms with Crippen molar-refractivity contribution < 1.29 is 14.6 Å². The average Bonchev–Trinajstić information content (AvgIpc) is 3.61. The third-order valence-corrected chi connectivity index (χ3v) is 5.70. The molecule has 1 heterocycles. The molecule has 1 aromatic heterocycles. The number of aliphatic hydroxyl groups excluding tert-OH is 1. The second kappa shape index (κ2) is 10.7. The van der Waals surface area contributed by atoms with Gasteiger partial charge in [0.15, 0.2) is 0 Å². The maximum atomic E-state index is 10.5. The van der Waals surface area contributed by atoms with E-state index in [0.717, 1.165) is 41.0 Å². The number of rotatable bonds is 11. The summed E-state index contributed by atoms with van der Waals surface area (Å²) in [6, 6.07) is 18.6. The van der Waals surface area contributed by atoms with Gasteiger partial charge in [-0.1, -0.05) is 48.4 Å². The summed E-state index contributed by atoms with van der Waals surface area (Å²) in [7, 11) is 1.91. The van der Waals surface area contributed by atoms with E-state index in [1.807, 2.05) is 56.4 Å². The van der Waals surface area contributed by atoms with Crippen LogP contribution in [0.2, 0.25) is 0 Å². The fourth-order valence-corrected chi connectivity index (χ4v) is 4.00. The van der Waals surface area contributed by atoms with Crippen molar-refractivity contribution in [2.45, 2.75) is 38.5 Å². The molecule has 3 aromatic rings. The number of nitrogens with zero attached hydrogens (tertiary/aromatic N) is 3. The van der Waals surface area contributed by atoms with Crippen molar-refractivity contribution in [2.75, 3.05) is 19.8 Å². The molecule has 172 valence electrons. The zero-order valence-corrected chi connectivity index (χ0v) is 19.3. The highest BCUT2D eigenvalue weighted by atomic mass is 16.5. The lowest BCUT2D eigenvalue weighted by atomic mass is 10.1. The van der Waals surface area contributed by atoms with Crippen LogP contribution in [0.15, 0.2) is 54.6 Å². The fourth-order valence-electron chi connectivity index (χ4n) is 4.00. The number of terminal acetylenes is 1. The highest BCUT2D eigenvalue weighted by Gasteiger charge is 2.33. The normalized spacial score (nSPS) is 14.3. The van der Waals surface area contributed by atoms with Gasteiger partial charge in [0.2, 0.25) is 5.88 Å². The maximum absolute atomic E-state index is 10.5. The molecule has 0 saturated heterocycles. The van der Waals surface area contributed by atoms with Crippen LogP contribution in [0.3, 0.4) is 0 Å². The molecular formula is C27H31N3O3. The summed E-state index contributed by atoms with van der Waals surface area (Å²) in [5, 5.41) is 15.4. The Kier molecular flexibility index (Phi) is 7.46. The molecule has 1 atom stereocenters. The summed E-state index contributed by atoms with van der Waals surface area (Å²) in [5.74, 6) is 3.93. The molecule has 0 radical (unpaired) electrons. The Balaban J connectivity index is 1.64. The molecule has 2 aromatic carbocycles. The van der Waals surface area contributed by atoms with Gasteiger partial charge in [0.1, 0.15) is 18.1 Å². The highest BCUT2D eigenvalue weighted by Crippen LogP contribution is 2.37. The van der Waals surface area contributed by atoms with Crippen molar-refractivity contribution in [3.05, 3.63) is 65.7 Å². The summed E-state index contributed by atoms with van der Waals surface area (Å²) in [5.41, 5.74) is 4.07. The molecule has 1 fully saturated rings. The molecule has 0 amide bonds. The largest absolute Gasteiger partial charge is 0.439 e. The second-order valence-electron chi connectivity index (χ2n) is 8.57. The summed E-state index contributed by atoms with van der Waals surface area (Å²) >= 11 is 0. The van der Waals surface area contributed by atoms with Gasteiger partial charge in [0.05, 0.1) is 18.3 Å². The molecule has 1 N–H and O–H groups in total. The molecule has 1 aliphatic carbocycles. The number of ether oxygens (including phenoxy) is 2. The molecule has 4 rings (SSSR count). The topological polar surface area (TPSA) is 59.8 Å². The Labute approximate surface area is 195 Å². The third kappa shape index (κ3) is 6.02. The Morgan fingerprint density at radius 2 is 2.00 bits per heavy atom. The molecule has 1 aliphatic rings. The first kappa shape index (κ1) is 23.1. The summed E-state index contributed by atoms with van der Waals surface area (Å²) < 4.78 is 13.5. The van der Waals surface area contributed by atoms with E-state index >= 15 is 0 Å². The minimum atomic E-state index is -0.614. The van der Waals surface area contributed by atoms with Crippen LogP contribution in [0.4, 0.5) is 0 Å². The molecule has 33 heavy (non-hydrogen) atoms. The third-order valence-electron chi connectivity index (χ3n) is 5.70. The second-order valence-corrected chi connectivity index (χ2v) is 8.57. The van der Waals surface area contributed by atoms with E-state index in [1.54, 1.807) is 4.68 Å². The molecule has 0 spiro atoms. The van der Waals surface area contributed by atoms with Gasteiger partial charge < -0.3 is 14.6 Å². The Hall–Kier alpha value is -3.11. The van der Waals surface area contributed by atoms with E-state index in [9.17, 15) is 5.11 Å². The smallest absolute Gasteiger partial charge is 0.222 e. The van der Waals surface area contributed by atoms with Gasteiger partial charge in [0, 0.05) is 31.7 Å². The van der Waals surface area contributed by atoms with Gasteiger partial charge in [-0.25, -0.2) is 4.68 Å². The predicted octanol–water partition coefficient (Wildman–Crippen LogP) is 4.16. The van der Waals surface area contributed by atoms with Crippen molar-refractivity contribution in [1.29, 1.82) is 0 Å². The van der Waals surface area contributed by atoms with Crippen molar-refractivity contribution in [3.63, 3.8) is 0 Å². The number of benzene rings is 2. The highest BCUT2D eigenvalue weighted by molar-refractivity contribution is 5.65. The van der Waals surface area contributed by atoms with Crippen molar-refractivity contribution >= 4 is 0 Å². The van der Waals surface area contributed by atoms with Gasteiger partial charge in [-0.3, -0.25) is 4.90 Å². The number of aliphatic hydroxyl groups is 1. The summed E-state index contributed by atoms with van der Waals surface area (Å²) in [6.07, 6.45) is 6.87. The van der Waals surface area contributed by atoms with E-state index in [1.165, 1.54) is 0 Å². The molecule has 0 unspecified atom stereocenters. The van der Waals surface area contributed by atoms with Crippen LogP contribution in [0.1, 0.15) is 24.0 Å². The molecular weight excluding hydrogens is 414 g/mol. The molecule has 0 aliphatic heterocycles.